The second-order valence-corrected chi connectivity index (χ2v) is 4.38. The van der Waals surface area contributed by atoms with Crippen LogP contribution in [0.5, 0.6) is 5.75 Å². The molecule has 0 aromatic carbocycles. The van der Waals surface area contributed by atoms with E-state index in [2.05, 4.69) is 16.8 Å². The number of nitrogens with zero attached hydrogens (tertiary/aromatic N) is 1. The van der Waals surface area contributed by atoms with Gasteiger partial charge in [-0.1, -0.05) is 5.92 Å². The summed E-state index contributed by atoms with van der Waals surface area (Å²) in [4.78, 5) is 15.4. The molecule has 96 valence electrons. The van der Waals surface area contributed by atoms with Crippen molar-refractivity contribution < 1.29 is 19.4 Å². The van der Waals surface area contributed by atoms with E-state index in [0.29, 0.717) is 0 Å². The molecule has 0 atom stereocenters. The van der Waals surface area contributed by atoms with E-state index >= 15 is 0 Å². The van der Waals surface area contributed by atoms with Crippen LogP contribution in [0.3, 0.4) is 0 Å². The Balaban J connectivity index is 2.81. The summed E-state index contributed by atoms with van der Waals surface area (Å²) >= 11 is 0. The van der Waals surface area contributed by atoms with Gasteiger partial charge in [0.1, 0.15) is 12.2 Å². The van der Waals surface area contributed by atoms with Crippen molar-refractivity contribution >= 4 is 6.16 Å². The number of aliphatic hydroxyl groups is 1. The Morgan fingerprint density at radius 1 is 1.50 bits per heavy atom. The lowest BCUT2D eigenvalue weighted by Gasteiger charge is -2.18. The van der Waals surface area contributed by atoms with Crippen molar-refractivity contribution in [3.8, 4) is 17.6 Å². The van der Waals surface area contributed by atoms with Gasteiger partial charge in [-0.25, -0.2) is 9.78 Å². The number of rotatable bonds is 1. The fraction of sp³-hybridized carbons (Fsp3) is 0.385. The predicted molar refractivity (Wildman–Crippen MR) is 65.1 cm³/mol. The lowest BCUT2D eigenvalue weighted by atomic mass is 10.2. The van der Waals surface area contributed by atoms with Crippen molar-refractivity contribution in [2.45, 2.75) is 26.4 Å². The van der Waals surface area contributed by atoms with Crippen LogP contribution in [0.2, 0.25) is 0 Å². The number of hydrogen-bond acceptors (Lipinski definition) is 5. The first-order valence-corrected chi connectivity index (χ1v) is 5.38. The molecule has 0 saturated carbocycles. The monoisotopic (exact) mass is 249 g/mol. The fourth-order valence-electron chi connectivity index (χ4n) is 1.05. The van der Waals surface area contributed by atoms with Gasteiger partial charge in [0, 0.05) is 6.20 Å². The maximum absolute atomic E-state index is 11.5. The van der Waals surface area contributed by atoms with Crippen molar-refractivity contribution in [3.63, 3.8) is 0 Å². The molecule has 0 amide bonds. The number of aliphatic hydroxyl groups excluding tert-OH is 1. The molecule has 1 aromatic rings. The third-order valence-electron chi connectivity index (χ3n) is 1.64. The maximum atomic E-state index is 11.5. The Morgan fingerprint density at radius 2 is 2.22 bits per heavy atom. The molecular formula is C13H15NO4. The van der Waals surface area contributed by atoms with Gasteiger partial charge in [0.15, 0.2) is 11.4 Å². The lowest BCUT2D eigenvalue weighted by Crippen LogP contribution is -2.26. The quantitative estimate of drug-likeness (QED) is 0.606. The number of aromatic nitrogens is 1. The van der Waals surface area contributed by atoms with Crippen molar-refractivity contribution in [2.24, 2.45) is 0 Å². The highest BCUT2D eigenvalue weighted by Crippen LogP contribution is 2.16. The number of pyridine rings is 1. The van der Waals surface area contributed by atoms with Crippen molar-refractivity contribution in [3.05, 3.63) is 24.0 Å². The van der Waals surface area contributed by atoms with Gasteiger partial charge in [0.25, 0.3) is 0 Å². The van der Waals surface area contributed by atoms with Gasteiger partial charge in [0.05, 0.1) is 0 Å². The van der Waals surface area contributed by atoms with Gasteiger partial charge in [-0.15, -0.1) is 0 Å². The molecule has 0 aliphatic carbocycles. The fourth-order valence-corrected chi connectivity index (χ4v) is 1.05. The highest BCUT2D eigenvalue weighted by molar-refractivity contribution is 5.65. The van der Waals surface area contributed by atoms with Gasteiger partial charge in [-0.05, 0) is 38.8 Å². The Hall–Kier alpha value is -2.06. The van der Waals surface area contributed by atoms with Crippen LogP contribution in [0, 0.1) is 11.8 Å². The number of carbonyl (C=O) groups excluding carboxylic acids is 1. The Kier molecular flexibility index (Phi) is 4.69. The van der Waals surface area contributed by atoms with Crippen LogP contribution in [-0.2, 0) is 4.74 Å². The molecule has 0 bridgehead atoms. The van der Waals surface area contributed by atoms with Gasteiger partial charge >= 0.3 is 6.16 Å². The lowest BCUT2D eigenvalue weighted by molar-refractivity contribution is 0.0205. The summed E-state index contributed by atoms with van der Waals surface area (Å²) in [5.41, 5.74) is -0.353. The molecule has 5 heteroatoms. The third-order valence-corrected chi connectivity index (χ3v) is 1.64. The summed E-state index contributed by atoms with van der Waals surface area (Å²) in [5.74, 6) is 5.23. The Morgan fingerprint density at radius 3 is 2.83 bits per heavy atom. The minimum absolute atomic E-state index is 0.202. The van der Waals surface area contributed by atoms with E-state index in [4.69, 9.17) is 14.6 Å². The molecular weight excluding hydrogens is 234 g/mol. The molecule has 18 heavy (non-hydrogen) atoms. The first kappa shape index (κ1) is 14.0. The summed E-state index contributed by atoms with van der Waals surface area (Å²) < 4.78 is 10.0. The predicted octanol–water partition coefficient (Wildman–Crippen LogP) is 1.74. The first-order valence-electron chi connectivity index (χ1n) is 5.38. The summed E-state index contributed by atoms with van der Waals surface area (Å²) in [7, 11) is 0. The van der Waals surface area contributed by atoms with E-state index in [1.165, 1.54) is 6.20 Å². The Labute approximate surface area is 106 Å². The van der Waals surface area contributed by atoms with Crippen molar-refractivity contribution in [1.82, 2.24) is 4.98 Å². The largest absolute Gasteiger partial charge is 0.514 e. The van der Waals surface area contributed by atoms with E-state index in [1.54, 1.807) is 32.9 Å². The number of carbonyl (C=O) groups is 1. The zero-order valence-electron chi connectivity index (χ0n) is 10.6. The van der Waals surface area contributed by atoms with E-state index in [0.717, 1.165) is 0 Å². The zero-order valence-corrected chi connectivity index (χ0v) is 10.6. The van der Waals surface area contributed by atoms with Crippen LogP contribution in [0.1, 0.15) is 26.5 Å². The standard InChI is InChI=1S/C13H15NO4/c1-13(2,3)18-12(16)17-11-7-4-8-14-10(11)6-5-9-15/h4,7-8,15H,9H2,1-3H3. The average molecular weight is 249 g/mol. The van der Waals surface area contributed by atoms with Gasteiger partial charge in [-0.3, -0.25) is 0 Å². The molecule has 5 nitrogen and oxygen atoms in total. The van der Waals surface area contributed by atoms with E-state index in [-0.39, 0.29) is 18.1 Å². The van der Waals surface area contributed by atoms with Gasteiger partial charge in [-0.2, -0.15) is 0 Å². The number of ether oxygens (including phenoxy) is 2. The normalized spacial score (nSPS) is 10.2. The van der Waals surface area contributed by atoms with Crippen LogP contribution >= 0.6 is 0 Å². The molecule has 1 heterocycles. The molecule has 0 aliphatic heterocycles. The van der Waals surface area contributed by atoms with Crippen LogP contribution in [0.15, 0.2) is 18.3 Å². The third kappa shape index (κ3) is 4.85. The van der Waals surface area contributed by atoms with E-state index in [1.807, 2.05) is 0 Å². The smallest absolute Gasteiger partial charge is 0.428 e. The SMILES string of the molecule is CC(C)(C)OC(=O)Oc1cccnc1C#CCO. The molecule has 1 aromatic heterocycles. The van der Waals surface area contributed by atoms with Crippen LogP contribution in [0.25, 0.3) is 0 Å². The molecule has 0 spiro atoms. The summed E-state index contributed by atoms with van der Waals surface area (Å²) in [6.07, 6.45) is 0.700. The molecule has 0 saturated heterocycles. The summed E-state index contributed by atoms with van der Waals surface area (Å²) in [6.45, 7) is 4.93. The van der Waals surface area contributed by atoms with Crippen LogP contribution < -0.4 is 4.74 Å². The molecule has 1 N–H and O–H groups in total. The molecule has 1 rings (SSSR count). The van der Waals surface area contributed by atoms with Gasteiger partial charge in [0.2, 0.25) is 0 Å². The second kappa shape index (κ2) is 6.03. The van der Waals surface area contributed by atoms with Crippen LogP contribution in [0.4, 0.5) is 4.79 Å². The molecule has 0 fully saturated rings. The Bertz CT molecular complexity index is 480. The van der Waals surface area contributed by atoms with Gasteiger partial charge < -0.3 is 14.6 Å². The molecule has 0 aliphatic rings. The minimum Gasteiger partial charge on any atom is -0.428 e. The van der Waals surface area contributed by atoms with E-state index < -0.39 is 11.8 Å². The molecule has 0 unspecified atom stereocenters. The zero-order chi connectivity index (χ0) is 13.6. The molecule has 0 radical (unpaired) electrons. The maximum Gasteiger partial charge on any atom is 0.514 e. The topological polar surface area (TPSA) is 68.7 Å². The second-order valence-electron chi connectivity index (χ2n) is 4.38. The summed E-state index contributed by atoms with van der Waals surface area (Å²) in [5, 5.41) is 8.62. The van der Waals surface area contributed by atoms with Crippen LogP contribution in [-0.4, -0.2) is 28.5 Å². The average Bonchev–Trinajstić information content (AvgIpc) is 2.25. The van der Waals surface area contributed by atoms with Crippen molar-refractivity contribution in [1.29, 1.82) is 0 Å². The highest BCUT2D eigenvalue weighted by Gasteiger charge is 2.19. The minimum atomic E-state index is -0.817. The van der Waals surface area contributed by atoms with Crippen molar-refractivity contribution in [2.75, 3.05) is 6.61 Å². The first-order chi connectivity index (χ1) is 8.42. The summed E-state index contributed by atoms with van der Waals surface area (Å²) in [6, 6.07) is 3.17. The van der Waals surface area contributed by atoms with E-state index in [9.17, 15) is 4.79 Å². The highest BCUT2D eigenvalue weighted by atomic mass is 16.7. The number of hydrogen-bond donors (Lipinski definition) is 1.